The van der Waals surface area contributed by atoms with Crippen LogP contribution in [0.25, 0.3) is 65.7 Å². The van der Waals surface area contributed by atoms with E-state index >= 15 is 0 Å². The first-order valence-electron chi connectivity index (χ1n) is 18.1. The SMILES string of the molecule is c1ccc(C2Nc3ccc4ccc5cc(-c6ccc7c(c6)C6(c8ccccc8-c8ccccc86)c6ccc8ccccc8c6-7)ccc5c4c3O2)cc1. The van der Waals surface area contributed by atoms with Crippen LogP contribution >= 0.6 is 0 Å². The van der Waals surface area contributed by atoms with Gasteiger partial charge in [0.2, 0.25) is 0 Å². The molecular formula is C50H31NO. The Kier molecular flexibility index (Phi) is 5.52. The first-order chi connectivity index (χ1) is 25.8. The third kappa shape index (κ3) is 3.58. The van der Waals surface area contributed by atoms with E-state index in [-0.39, 0.29) is 6.23 Å². The molecule has 52 heavy (non-hydrogen) atoms. The molecule has 2 nitrogen and oxygen atoms in total. The Hall–Kier alpha value is -6.64. The van der Waals surface area contributed by atoms with Gasteiger partial charge in [-0.25, -0.2) is 0 Å². The molecule has 0 bridgehead atoms. The first kappa shape index (κ1) is 28.1. The van der Waals surface area contributed by atoms with Crippen LogP contribution < -0.4 is 10.1 Å². The molecule has 12 rings (SSSR count). The molecule has 0 saturated carbocycles. The second-order valence-electron chi connectivity index (χ2n) is 14.4. The number of ether oxygens (including phenoxy) is 1. The van der Waals surface area contributed by atoms with E-state index in [4.69, 9.17) is 4.74 Å². The topological polar surface area (TPSA) is 21.3 Å². The zero-order valence-corrected chi connectivity index (χ0v) is 28.2. The van der Waals surface area contributed by atoms with Gasteiger partial charge in [0, 0.05) is 10.9 Å². The second-order valence-corrected chi connectivity index (χ2v) is 14.4. The van der Waals surface area contributed by atoms with Crippen molar-refractivity contribution >= 4 is 38.0 Å². The Labute approximate surface area is 301 Å². The summed E-state index contributed by atoms with van der Waals surface area (Å²) in [6.07, 6.45) is -0.206. The maximum atomic E-state index is 6.64. The molecular weight excluding hydrogens is 631 g/mol. The van der Waals surface area contributed by atoms with Gasteiger partial charge in [0.25, 0.3) is 0 Å². The lowest BCUT2D eigenvalue weighted by molar-refractivity contribution is 0.263. The van der Waals surface area contributed by atoms with Crippen LogP contribution in [0.1, 0.15) is 34.0 Å². The van der Waals surface area contributed by atoms with Crippen molar-refractivity contribution in [1.29, 1.82) is 0 Å². The highest BCUT2D eigenvalue weighted by Crippen LogP contribution is 2.64. The summed E-state index contributed by atoms with van der Waals surface area (Å²) in [7, 11) is 0. The molecule has 0 aromatic heterocycles. The van der Waals surface area contributed by atoms with Crippen molar-refractivity contribution < 1.29 is 4.74 Å². The van der Waals surface area contributed by atoms with Crippen LogP contribution in [0, 0.1) is 0 Å². The lowest BCUT2D eigenvalue weighted by atomic mass is 9.70. The van der Waals surface area contributed by atoms with E-state index < -0.39 is 5.41 Å². The van der Waals surface area contributed by atoms with E-state index in [9.17, 15) is 0 Å². The van der Waals surface area contributed by atoms with Gasteiger partial charge < -0.3 is 10.1 Å². The summed E-state index contributed by atoms with van der Waals surface area (Å²) in [5, 5.41) is 10.9. The van der Waals surface area contributed by atoms with E-state index in [0.717, 1.165) is 22.4 Å². The van der Waals surface area contributed by atoms with Crippen LogP contribution in [0.4, 0.5) is 5.69 Å². The molecule has 0 saturated heterocycles. The molecule has 0 amide bonds. The lowest BCUT2D eigenvalue weighted by Gasteiger charge is -2.30. The Balaban J connectivity index is 1.06. The van der Waals surface area contributed by atoms with Gasteiger partial charge in [-0.1, -0.05) is 158 Å². The van der Waals surface area contributed by atoms with E-state index in [0.29, 0.717) is 0 Å². The maximum absolute atomic E-state index is 6.64. The number of anilines is 1. The Morgan fingerprint density at radius 3 is 1.96 bits per heavy atom. The minimum atomic E-state index is -0.398. The number of nitrogens with one attached hydrogen (secondary N) is 1. The van der Waals surface area contributed by atoms with Crippen molar-refractivity contribution in [3.8, 4) is 39.1 Å². The highest BCUT2D eigenvalue weighted by Gasteiger charge is 2.52. The van der Waals surface area contributed by atoms with Crippen molar-refractivity contribution in [3.63, 3.8) is 0 Å². The molecule has 3 aliphatic rings. The zero-order chi connectivity index (χ0) is 34.0. The summed E-state index contributed by atoms with van der Waals surface area (Å²) in [6.45, 7) is 0. The molecule has 1 atom stereocenters. The largest absolute Gasteiger partial charge is 0.464 e. The van der Waals surface area contributed by atoms with Crippen LogP contribution in [-0.4, -0.2) is 0 Å². The molecule has 9 aromatic rings. The van der Waals surface area contributed by atoms with Gasteiger partial charge in [-0.3, -0.25) is 0 Å². The number of benzene rings is 9. The molecule has 0 radical (unpaired) electrons. The van der Waals surface area contributed by atoms with Crippen molar-refractivity contribution in [1.82, 2.24) is 0 Å². The van der Waals surface area contributed by atoms with Gasteiger partial charge in [0.05, 0.1) is 11.1 Å². The van der Waals surface area contributed by atoms with Crippen molar-refractivity contribution in [2.45, 2.75) is 11.6 Å². The molecule has 1 spiro atoms. The summed E-state index contributed by atoms with van der Waals surface area (Å²) >= 11 is 0. The van der Waals surface area contributed by atoms with Gasteiger partial charge in [0.15, 0.2) is 12.0 Å². The summed E-state index contributed by atoms with van der Waals surface area (Å²) in [4.78, 5) is 0. The van der Waals surface area contributed by atoms with Crippen molar-refractivity contribution in [2.75, 3.05) is 5.32 Å². The van der Waals surface area contributed by atoms with Crippen LogP contribution in [-0.2, 0) is 5.41 Å². The molecule has 0 fully saturated rings. The number of hydrogen-bond acceptors (Lipinski definition) is 2. The third-order valence-corrected chi connectivity index (χ3v) is 11.9. The van der Waals surface area contributed by atoms with Gasteiger partial charge in [-0.05, 0) is 101 Å². The van der Waals surface area contributed by atoms with E-state index in [1.165, 1.54) is 82.6 Å². The molecule has 1 N–H and O–H groups in total. The van der Waals surface area contributed by atoms with Crippen molar-refractivity contribution in [2.24, 2.45) is 0 Å². The Morgan fingerprint density at radius 2 is 1.12 bits per heavy atom. The average Bonchev–Trinajstić information content (AvgIpc) is 3.88. The number of rotatable bonds is 2. The minimum absolute atomic E-state index is 0.206. The van der Waals surface area contributed by atoms with E-state index in [1.807, 2.05) is 6.07 Å². The number of hydrogen-bond donors (Lipinski definition) is 1. The quantitative estimate of drug-likeness (QED) is 0.186. The average molecular weight is 662 g/mol. The van der Waals surface area contributed by atoms with E-state index in [2.05, 4.69) is 175 Å². The fourth-order valence-corrected chi connectivity index (χ4v) is 9.69. The van der Waals surface area contributed by atoms with Gasteiger partial charge >= 0.3 is 0 Å². The monoisotopic (exact) mass is 661 g/mol. The molecule has 2 heteroatoms. The van der Waals surface area contributed by atoms with Gasteiger partial charge in [-0.15, -0.1) is 0 Å². The Morgan fingerprint density at radius 1 is 0.442 bits per heavy atom. The fourth-order valence-electron chi connectivity index (χ4n) is 9.69. The summed E-state index contributed by atoms with van der Waals surface area (Å²) in [6, 6.07) is 65.0. The highest BCUT2D eigenvalue weighted by molar-refractivity contribution is 6.14. The normalized spacial score (nSPS) is 15.6. The predicted molar refractivity (Wildman–Crippen MR) is 214 cm³/mol. The smallest absolute Gasteiger partial charge is 0.196 e. The molecule has 1 aliphatic heterocycles. The summed E-state index contributed by atoms with van der Waals surface area (Å²) in [5.74, 6) is 0.924. The van der Waals surface area contributed by atoms with Crippen LogP contribution in [0.5, 0.6) is 5.75 Å². The standard InChI is InChI=1S/C50H31NO/c1-2-11-32(12-3-1)49-51-45-27-23-31-18-19-35-28-33(20-24-37(35)46(31)48(45)52-49)34-21-25-40-44(29-34)50(43-26-22-30-10-4-5-13-36(30)47(40)43)41-16-8-6-14-38(41)39-15-7-9-17-42(39)50/h1-29,49,51H. The van der Waals surface area contributed by atoms with Crippen LogP contribution in [0.15, 0.2) is 176 Å². The highest BCUT2D eigenvalue weighted by atomic mass is 16.5. The second kappa shape index (κ2) is 10.2. The summed E-state index contributed by atoms with van der Waals surface area (Å²) < 4.78 is 6.64. The molecule has 1 unspecified atom stereocenters. The van der Waals surface area contributed by atoms with Gasteiger partial charge in [0.1, 0.15) is 0 Å². The minimum Gasteiger partial charge on any atom is -0.464 e. The predicted octanol–water partition coefficient (Wildman–Crippen LogP) is 12.7. The maximum Gasteiger partial charge on any atom is 0.196 e. The lowest BCUT2D eigenvalue weighted by Crippen LogP contribution is -2.25. The molecule has 242 valence electrons. The third-order valence-electron chi connectivity index (χ3n) is 11.9. The molecule has 1 heterocycles. The fraction of sp³-hybridized carbons (Fsp3) is 0.0400. The van der Waals surface area contributed by atoms with Crippen molar-refractivity contribution in [3.05, 3.63) is 204 Å². The first-order valence-corrected chi connectivity index (χ1v) is 18.1. The Bertz CT molecular complexity index is 2930. The molecule has 2 aliphatic carbocycles. The zero-order valence-electron chi connectivity index (χ0n) is 28.2. The van der Waals surface area contributed by atoms with Gasteiger partial charge in [-0.2, -0.15) is 0 Å². The van der Waals surface area contributed by atoms with E-state index in [1.54, 1.807) is 0 Å². The number of fused-ring (bicyclic) bond motifs is 17. The van der Waals surface area contributed by atoms with Crippen LogP contribution in [0.2, 0.25) is 0 Å². The summed E-state index contributed by atoms with van der Waals surface area (Å²) in [5.41, 5.74) is 15.0. The molecule has 9 aromatic carbocycles. The van der Waals surface area contributed by atoms with Crippen LogP contribution in [0.3, 0.4) is 0 Å².